The topological polar surface area (TPSA) is 90.4 Å². The number of nitrogens with one attached hydrogen (secondary N) is 1. The number of hydrogen-bond acceptors (Lipinski definition) is 4. The average Bonchev–Trinajstić information content (AvgIpc) is 2.60. The van der Waals surface area contributed by atoms with Crippen LogP contribution in [0.4, 0.5) is 0 Å². The maximum Gasteiger partial charge on any atom is 0.248 e. The van der Waals surface area contributed by atoms with Crippen LogP contribution < -0.4 is 16.8 Å². The summed E-state index contributed by atoms with van der Waals surface area (Å²) in [5.74, 6) is -0.375. The largest absolute Gasteiger partial charge is 0.379 e. The minimum atomic E-state index is -0.375. The number of carbonyl (C=O) groups excluding carboxylic acids is 1. The van der Waals surface area contributed by atoms with Crippen LogP contribution in [-0.4, -0.2) is 38.3 Å². The molecule has 1 aromatic rings. The average molecular weight is 370 g/mol. The lowest BCUT2D eigenvalue weighted by Crippen LogP contribution is -2.59. The number of ether oxygens (including phenoxy) is 1. The standard InChI is InChI=1S/C19H31N3O2.ClH/c1-4-19(5-2)15-11-14(18(21)23)8-7-13(15)12-16(24-3)17(19)22-10-6-9-20;/h7-8,11,16-17,22H,4-6,9-10,12,20H2,1-3H3,(H2,21,23);1H. The molecule has 142 valence electrons. The second-order valence-corrected chi connectivity index (χ2v) is 6.65. The minimum absolute atomic E-state index is 0. The number of hydrogen-bond donors (Lipinski definition) is 3. The lowest BCUT2D eigenvalue weighted by Gasteiger charge is -2.49. The van der Waals surface area contributed by atoms with Crippen LogP contribution in [0, 0.1) is 0 Å². The highest BCUT2D eigenvalue weighted by atomic mass is 35.5. The third-order valence-corrected chi connectivity index (χ3v) is 5.63. The van der Waals surface area contributed by atoms with Gasteiger partial charge in [-0.05, 0) is 55.6 Å². The Bertz CT molecular complexity index is 576. The summed E-state index contributed by atoms with van der Waals surface area (Å²) >= 11 is 0. The molecule has 2 unspecified atom stereocenters. The van der Waals surface area contributed by atoms with Crippen molar-refractivity contribution < 1.29 is 9.53 Å². The van der Waals surface area contributed by atoms with Crippen LogP contribution in [-0.2, 0) is 16.6 Å². The van der Waals surface area contributed by atoms with Gasteiger partial charge >= 0.3 is 0 Å². The van der Waals surface area contributed by atoms with Crippen LogP contribution in [0.15, 0.2) is 18.2 Å². The molecule has 0 fully saturated rings. The molecule has 25 heavy (non-hydrogen) atoms. The van der Waals surface area contributed by atoms with Gasteiger partial charge in [0.15, 0.2) is 0 Å². The van der Waals surface area contributed by atoms with Gasteiger partial charge in [0.1, 0.15) is 0 Å². The second-order valence-electron chi connectivity index (χ2n) is 6.65. The molecule has 0 radical (unpaired) electrons. The van der Waals surface area contributed by atoms with Crippen LogP contribution in [0.2, 0.25) is 0 Å². The fraction of sp³-hybridized carbons (Fsp3) is 0.632. The third-order valence-electron chi connectivity index (χ3n) is 5.63. The smallest absolute Gasteiger partial charge is 0.248 e. The molecule has 0 aliphatic heterocycles. The molecular weight excluding hydrogens is 338 g/mol. The number of primary amides is 1. The molecular formula is C19H32ClN3O2. The number of fused-ring (bicyclic) bond motifs is 1. The Morgan fingerprint density at radius 3 is 2.56 bits per heavy atom. The fourth-order valence-electron chi connectivity index (χ4n) is 4.21. The molecule has 5 nitrogen and oxygen atoms in total. The summed E-state index contributed by atoms with van der Waals surface area (Å²) in [6, 6.07) is 6.05. The van der Waals surface area contributed by atoms with Crippen molar-refractivity contribution in [2.45, 2.75) is 57.1 Å². The number of nitrogens with two attached hydrogens (primary N) is 2. The number of methoxy groups -OCH3 is 1. The van der Waals surface area contributed by atoms with E-state index in [-0.39, 0.29) is 35.9 Å². The van der Waals surface area contributed by atoms with Crippen molar-refractivity contribution in [3.8, 4) is 0 Å². The van der Waals surface area contributed by atoms with Crippen LogP contribution >= 0.6 is 12.4 Å². The van der Waals surface area contributed by atoms with E-state index >= 15 is 0 Å². The summed E-state index contributed by atoms with van der Waals surface area (Å²) in [7, 11) is 1.78. The molecule has 6 heteroatoms. The van der Waals surface area contributed by atoms with Gasteiger partial charge in [0.05, 0.1) is 6.10 Å². The number of benzene rings is 1. The summed E-state index contributed by atoms with van der Waals surface area (Å²) in [6.07, 6.45) is 3.82. The molecule has 2 rings (SSSR count). The summed E-state index contributed by atoms with van der Waals surface area (Å²) < 4.78 is 5.84. The third kappa shape index (κ3) is 4.17. The highest BCUT2D eigenvalue weighted by Crippen LogP contribution is 2.44. The van der Waals surface area contributed by atoms with Crippen LogP contribution in [0.5, 0.6) is 0 Å². The van der Waals surface area contributed by atoms with E-state index in [1.54, 1.807) is 7.11 Å². The van der Waals surface area contributed by atoms with E-state index in [1.165, 1.54) is 11.1 Å². The van der Waals surface area contributed by atoms with Crippen molar-refractivity contribution in [3.63, 3.8) is 0 Å². The molecule has 2 atom stereocenters. The van der Waals surface area contributed by atoms with Gasteiger partial charge in [-0.1, -0.05) is 19.9 Å². The van der Waals surface area contributed by atoms with Crippen molar-refractivity contribution in [1.82, 2.24) is 5.32 Å². The van der Waals surface area contributed by atoms with Crippen molar-refractivity contribution in [1.29, 1.82) is 0 Å². The summed E-state index contributed by atoms with van der Waals surface area (Å²) in [5.41, 5.74) is 14.2. The Balaban J connectivity index is 0.00000312. The molecule has 0 heterocycles. The zero-order valence-corrected chi connectivity index (χ0v) is 16.3. The second kappa shape index (κ2) is 9.53. The SMILES string of the molecule is CCC1(CC)c2cc(C(N)=O)ccc2CC(OC)C1NCCCN.Cl. The summed E-state index contributed by atoms with van der Waals surface area (Å²) in [5, 5.41) is 3.68. The van der Waals surface area contributed by atoms with Gasteiger partial charge in [0, 0.05) is 30.6 Å². The monoisotopic (exact) mass is 369 g/mol. The van der Waals surface area contributed by atoms with E-state index in [4.69, 9.17) is 16.2 Å². The van der Waals surface area contributed by atoms with Gasteiger partial charge in [0.25, 0.3) is 0 Å². The van der Waals surface area contributed by atoms with Crippen molar-refractivity contribution >= 4 is 18.3 Å². The van der Waals surface area contributed by atoms with Crippen LogP contribution in [0.1, 0.15) is 54.6 Å². The molecule has 0 saturated carbocycles. The van der Waals surface area contributed by atoms with E-state index in [0.717, 1.165) is 32.2 Å². The molecule has 0 spiro atoms. The van der Waals surface area contributed by atoms with Gasteiger partial charge in [-0.2, -0.15) is 0 Å². The first-order valence-corrected chi connectivity index (χ1v) is 8.93. The fourth-order valence-corrected chi connectivity index (χ4v) is 4.21. The first-order valence-electron chi connectivity index (χ1n) is 8.93. The van der Waals surface area contributed by atoms with Gasteiger partial charge in [-0.15, -0.1) is 12.4 Å². The van der Waals surface area contributed by atoms with E-state index in [2.05, 4.69) is 19.2 Å². The van der Waals surface area contributed by atoms with E-state index in [9.17, 15) is 4.79 Å². The highest BCUT2D eigenvalue weighted by Gasteiger charge is 2.46. The zero-order valence-electron chi connectivity index (χ0n) is 15.5. The van der Waals surface area contributed by atoms with E-state index < -0.39 is 0 Å². The van der Waals surface area contributed by atoms with Gasteiger partial charge in [0.2, 0.25) is 5.91 Å². The van der Waals surface area contributed by atoms with Gasteiger partial charge in [-0.3, -0.25) is 4.79 Å². The first kappa shape index (κ1) is 21.9. The zero-order chi connectivity index (χ0) is 17.7. The summed E-state index contributed by atoms with van der Waals surface area (Å²) in [4.78, 5) is 11.7. The Hall–Kier alpha value is -1.14. The first-order chi connectivity index (χ1) is 11.5. The van der Waals surface area contributed by atoms with Crippen molar-refractivity contribution in [2.24, 2.45) is 11.5 Å². The molecule has 0 saturated heterocycles. The Labute approximate surface area is 157 Å². The number of carbonyl (C=O) groups is 1. The Kier molecular flexibility index (Phi) is 8.35. The molecule has 0 aromatic heterocycles. The molecule has 1 aromatic carbocycles. The Morgan fingerprint density at radius 1 is 1.36 bits per heavy atom. The number of rotatable bonds is 8. The van der Waals surface area contributed by atoms with E-state index in [1.807, 2.05) is 18.2 Å². The molecule has 1 aliphatic rings. The molecule has 5 N–H and O–H groups in total. The molecule has 0 bridgehead atoms. The maximum absolute atomic E-state index is 11.7. The molecule has 1 aliphatic carbocycles. The van der Waals surface area contributed by atoms with Crippen LogP contribution in [0.3, 0.4) is 0 Å². The molecule has 1 amide bonds. The number of amides is 1. The lowest BCUT2D eigenvalue weighted by molar-refractivity contribution is 0.0245. The highest BCUT2D eigenvalue weighted by molar-refractivity contribution is 5.93. The van der Waals surface area contributed by atoms with Crippen molar-refractivity contribution in [2.75, 3.05) is 20.2 Å². The minimum Gasteiger partial charge on any atom is -0.379 e. The van der Waals surface area contributed by atoms with Crippen LogP contribution in [0.25, 0.3) is 0 Å². The predicted octanol–water partition coefficient (Wildman–Crippen LogP) is 2.14. The Morgan fingerprint density at radius 2 is 2.04 bits per heavy atom. The predicted molar refractivity (Wildman–Crippen MR) is 104 cm³/mol. The van der Waals surface area contributed by atoms with E-state index in [0.29, 0.717) is 12.1 Å². The van der Waals surface area contributed by atoms with Gasteiger partial charge < -0.3 is 21.5 Å². The summed E-state index contributed by atoms with van der Waals surface area (Å²) in [6.45, 7) is 5.96. The van der Waals surface area contributed by atoms with Crippen molar-refractivity contribution in [3.05, 3.63) is 34.9 Å². The number of halogens is 1. The normalized spacial score (nSPS) is 21.3. The lowest BCUT2D eigenvalue weighted by atomic mass is 9.62. The van der Waals surface area contributed by atoms with Gasteiger partial charge in [-0.25, -0.2) is 0 Å². The quantitative estimate of drug-likeness (QED) is 0.612. The maximum atomic E-state index is 11.7.